The molecule has 3 rings (SSSR count). The predicted octanol–water partition coefficient (Wildman–Crippen LogP) is 2.91. The molecule has 8 nitrogen and oxygen atoms in total. The number of aromatic nitrogens is 3. The van der Waals surface area contributed by atoms with Gasteiger partial charge in [-0.1, -0.05) is 35.6 Å². The van der Waals surface area contributed by atoms with Crippen molar-refractivity contribution in [2.24, 2.45) is 0 Å². The molecule has 0 aliphatic carbocycles. The van der Waals surface area contributed by atoms with Crippen molar-refractivity contribution in [3.8, 4) is 0 Å². The Hall–Kier alpha value is -3.20. The average Bonchev–Trinajstić information content (AvgIpc) is 3.17. The van der Waals surface area contributed by atoms with E-state index in [2.05, 4.69) is 16.9 Å². The van der Waals surface area contributed by atoms with Crippen molar-refractivity contribution in [3.63, 3.8) is 0 Å². The van der Waals surface area contributed by atoms with E-state index in [4.69, 9.17) is 0 Å². The quantitative estimate of drug-likeness (QED) is 0.543. The number of hydrogen-bond donors (Lipinski definition) is 1. The molecule has 1 N–H and O–H groups in total. The van der Waals surface area contributed by atoms with Crippen LogP contribution in [-0.4, -0.2) is 33.1 Å². The molecule has 0 saturated carbocycles. The van der Waals surface area contributed by atoms with Gasteiger partial charge in [0, 0.05) is 25.3 Å². The minimum absolute atomic E-state index is 0.0601. The van der Waals surface area contributed by atoms with Crippen LogP contribution in [0.15, 0.2) is 40.4 Å². The van der Waals surface area contributed by atoms with Crippen LogP contribution >= 0.6 is 11.3 Å². The lowest BCUT2D eigenvalue weighted by Gasteiger charge is -2.16. The second kappa shape index (κ2) is 9.30. The number of hydrogen-bond acceptors (Lipinski definition) is 6. The Morgan fingerprint density at radius 3 is 2.42 bits per heavy atom. The summed E-state index contributed by atoms with van der Waals surface area (Å²) in [5.74, 6) is -0.359. The molecule has 0 atom stereocenters. The lowest BCUT2D eigenvalue weighted by atomic mass is 10.1. The van der Waals surface area contributed by atoms with Crippen LogP contribution in [0.25, 0.3) is 10.3 Å². The molecule has 1 aromatic carbocycles. The second-order valence-corrected chi connectivity index (χ2v) is 8.19. The number of rotatable bonds is 8. The summed E-state index contributed by atoms with van der Waals surface area (Å²) in [6, 6.07) is 5.74. The largest absolute Gasteiger partial charge is 0.349 e. The van der Waals surface area contributed by atoms with Gasteiger partial charge < -0.3 is 10.2 Å². The van der Waals surface area contributed by atoms with Crippen LogP contribution in [-0.2, 0) is 17.9 Å². The van der Waals surface area contributed by atoms with E-state index in [1.807, 2.05) is 50.8 Å². The molecule has 31 heavy (non-hydrogen) atoms. The van der Waals surface area contributed by atoms with Crippen LogP contribution in [0.4, 0.5) is 10.8 Å². The minimum Gasteiger partial charge on any atom is -0.349 e. The highest BCUT2D eigenvalue weighted by Gasteiger charge is 2.21. The van der Waals surface area contributed by atoms with Crippen LogP contribution in [0.3, 0.4) is 0 Å². The number of nitrogens with zero attached hydrogens (tertiary/aromatic N) is 4. The Morgan fingerprint density at radius 1 is 1.19 bits per heavy atom. The molecular weight excluding hydrogens is 414 g/mol. The third kappa shape index (κ3) is 4.32. The highest BCUT2D eigenvalue weighted by molar-refractivity contribution is 7.22. The summed E-state index contributed by atoms with van der Waals surface area (Å²) in [6.45, 7) is 12.7. The zero-order valence-corrected chi connectivity index (χ0v) is 19.1. The summed E-state index contributed by atoms with van der Waals surface area (Å²) in [5.41, 5.74) is 1.82. The van der Waals surface area contributed by atoms with Crippen LogP contribution < -0.4 is 21.5 Å². The number of para-hydroxylation sites is 1. The number of carbonyl (C=O) groups is 1. The summed E-state index contributed by atoms with van der Waals surface area (Å²) in [6.07, 6.45) is 1.49. The fourth-order valence-electron chi connectivity index (χ4n) is 3.47. The van der Waals surface area contributed by atoms with E-state index in [-0.39, 0.29) is 24.6 Å². The van der Waals surface area contributed by atoms with E-state index in [9.17, 15) is 14.4 Å². The average molecular weight is 442 g/mol. The molecule has 2 heterocycles. The van der Waals surface area contributed by atoms with Gasteiger partial charge in [-0.05, 0) is 38.8 Å². The highest BCUT2D eigenvalue weighted by atomic mass is 32.1. The number of amides is 1. The Morgan fingerprint density at radius 2 is 1.84 bits per heavy atom. The van der Waals surface area contributed by atoms with Crippen molar-refractivity contribution in [2.45, 2.75) is 40.8 Å². The molecule has 9 heteroatoms. The third-order valence-electron chi connectivity index (χ3n) is 5.15. The SMILES string of the molecule is C=CCn1c(=O)c2sc(N(CC)CC)nc2n(CC(=O)Nc2c(C)cccc2C)c1=O. The molecule has 0 saturated heterocycles. The van der Waals surface area contributed by atoms with Crippen LogP contribution in [0.1, 0.15) is 25.0 Å². The van der Waals surface area contributed by atoms with Crippen molar-refractivity contribution in [2.75, 3.05) is 23.3 Å². The molecule has 164 valence electrons. The predicted molar refractivity (Wildman–Crippen MR) is 126 cm³/mol. The molecule has 2 aromatic heterocycles. The van der Waals surface area contributed by atoms with Crippen LogP contribution in [0.5, 0.6) is 0 Å². The Labute approximate surface area is 184 Å². The van der Waals surface area contributed by atoms with Gasteiger partial charge in [-0.2, -0.15) is 0 Å². The molecule has 0 aliphatic heterocycles. The van der Waals surface area contributed by atoms with Crippen molar-refractivity contribution in [1.82, 2.24) is 14.1 Å². The van der Waals surface area contributed by atoms with E-state index in [0.29, 0.717) is 22.9 Å². The molecule has 0 aliphatic rings. The van der Waals surface area contributed by atoms with E-state index in [0.717, 1.165) is 21.4 Å². The first-order valence-electron chi connectivity index (χ1n) is 10.2. The van der Waals surface area contributed by atoms with Crippen LogP contribution in [0.2, 0.25) is 0 Å². The van der Waals surface area contributed by atoms with Gasteiger partial charge in [-0.3, -0.25) is 18.7 Å². The number of benzene rings is 1. The van der Waals surface area contributed by atoms with E-state index in [1.165, 1.54) is 22.0 Å². The minimum atomic E-state index is -0.578. The fourth-order valence-corrected chi connectivity index (χ4v) is 4.61. The summed E-state index contributed by atoms with van der Waals surface area (Å²) in [5, 5.41) is 3.55. The van der Waals surface area contributed by atoms with Gasteiger partial charge in [-0.15, -0.1) is 6.58 Å². The van der Waals surface area contributed by atoms with Gasteiger partial charge in [0.2, 0.25) is 5.91 Å². The van der Waals surface area contributed by atoms with Crippen molar-refractivity contribution >= 4 is 38.4 Å². The summed E-state index contributed by atoms with van der Waals surface area (Å²) in [4.78, 5) is 45.5. The van der Waals surface area contributed by atoms with E-state index >= 15 is 0 Å². The summed E-state index contributed by atoms with van der Waals surface area (Å²) in [7, 11) is 0. The van der Waals surface area contributed by atoms with Gasteiger partial charge in [0.15, 0.2) is 10.8 Å². The maximum atomic E-state index is 13.1. The highest BCUT2D eigenvalue weighted by Crippen LogP contribution is 2.26. The molecular formula is C22H27N5O3S. The number of anilines is 2. The van der Waals surface area contributed by atoms with Gasteiger partial charge in [-0.25, -0.2) is 9.78 Å². The second-order valence-electron chi connectivity index (χ2n) is 7.21. The van der Waals surface area contributed by atoms with Crippen molar-refractivity contribution in [3.05, 3.63) is 62.8 Å². The van der Waals surface area contributed by atoms with Gasteiger partial charge >= 0.3 is 5.69 Å². The summed E-state index contributed by atoms with van der Waals surface area (Å²) < 4.78 is 2.71. The monoisotopic (exact) mass is 441 g/mol. The maximum absolute atomic E-state index is 13.1. The maximum Gasteiger partial charge on any atom is 0.333 e. The first kappa shape index (κ1) is 22.5. The molecule has 3 aromatic rings. The zero-order valence-electron chi connectivity index (χ0n) is 18.3. The Bertz CT molecular complexity index is 1230. The van der Waals surface area contributed by atoms with Gasteiger partial charge in [0.05, 0.1) is 0 Å². The first-order valence-corrected chi connectivity index (χ1v) is 11.0. The number of fused-ring (bicyclic) bond motifs is 1. The number of thiazole rings is 1. The Balaban J connectivity index is 2.11. The summed E-state index contributed by atoms with van der Waals surface area (Å²) >= 11 is 1.24. The number of carbonyl (C=O) groups excluding carboxylic acids is 1. The van der Waals surface area contributed by atoms with Crippen molar-refractivity contribution < 1.29 is 4.79 Å². The number of allylic oxidation sites excluding steroid dienone is 1. The number of aryl methyl sites for hydroxylation is 2. The van der Waals surface area contributed by atoms with Gasteiger partial charge in [0.25, 0.3) is 5.56 Å². The van der Waals surface area contributed by atoms with E-state index < -0.39 is 11.2 Å². The third-order valence-corrected chi connectivity index (χ3v) is 6.24. The smallest absolute Gasteiger partial charge is 0.333 e. The standard InChI is InChI=1S/C22H27N5O3S/c1-6-12-26-20(29)18-19(24-21(31-18)25(7-2)8-3)27(22(26)30)13-16(28)23-17-14(4)10-9-11-15(17)5/h6,9-11H,1,7-8,12-13H2,2-5H3,(H,23,28). The van der Waals surface area contributed by atoms with Gasteiger partial charge in [0.1, 0.15) is 11.2 Å². The lowest BCUT2D eigenvalue weighted by Crippen LogP contribution is -2.41. The topological polar surface area (TPSA) is 89.2 Å². The Kier molecular flexibility index (Phi) is 6.74. The zero-order chi connectivity index (χ0) is 22.7. The van der Waals surface area contributed by atoms with E-state index in [1.54, 1.807) is 0 Å². The van der Waals surface area contributed by atoms with Crippen molar-refractivity contribution in [1.29, 1.82) is 0 Å². The first-order chi connectivity index (χ1) is 14.8. The molecule has 0 unspecified atom stereocenters. The normalized spacial score (nSPS) is 11.0. The van der Waals surface area contributed by atoms with Crippen LogP contribution in [0, 0.1) is 13.8 Å². The molecule has 0 bridgehead atoms. The number of nitrogens with one attached hydrogen (secondary N) is 1. The molecule has 1 amide bonds. The lowest BCUT2D eigenvalue weighted by molar-refractivity contribution is -0.116. The molecule has 0 fully saturated rings. The molecule has 0 radical (unpaired) electrons. The fraction of sp³-hybridized carbons (Fsp3) is 0.364. The molecule has 0 spiro atoms.